The minimum absolute atomic E-state index is 1.21. The van der Waals surface area contributed by atoms with Crippen LogP contribution in [0.15, 0.2) is 206 Å². The van der Waals surface area contributed by atoms with Crippen LogP contribution in [-0.4, -0.2) is 0 Å². The molecule has 0 saturated heterocycles. The second-order valence-corrected chi connectivity index (χ2v) is 14.3. The standard InChI is InChI=1S/C54H34/c1-4-20-39-35(14-1)17-9-26-43(39)45-29-13-27-44-42(25-12-28-46(44)45)38-32-33-51-52(34-38)54(48-31-11-19-37-16-3-6-22-41(37)48)50-24-8-7-23-49(50)53(51)47-30-10-18-36-15-2-5-21-40(36)47/h1-34H. The summed E-state index contributed by atoms with van der Waals surface area (Å²) in [7, 11) is 0. The quantitative estimate of drug-likeness (QED) is 0.162. The van der Waals surface area contributed by atoms with E-state index in [1.165, 1.54) is 109 Å². The van der Waals surface area contributed by atoms with E-state index in [4.69, 9.17) is 0 Å². The molecule has 0 aliphatic rings. The summed E-state index contributed by atoms with van der Waals surface area (Å²) in [5.74, 6) is 0. The van der Waals surface area contributed by atoms with Crippen molar-refractivity contribution in [3.8, 4) is 44.5 Å². The van der Waals surface area contributed by atoms with Gasteiger partial charge in [0, 0.05) is 0 Å². The van der Waals surface area contributed by atoms with Crippen molar-refractivity contribution in [3.05, 3.63) is 206 Å². The predicted molar refractivity (Wildman–Crippen MR) is 233 cm³/mol. The topological polar surface area (TPSA) is 0 Å². The first-order valence-corrected chi connectivity index (χ1v) is 18.8. The fourth-order valence-electron chi connectivity index (χ4n) is 9.07. The van der Waals surface area contributed by atoms with Crippen LogP contribution in [0.4, 0.5) is 0 Å². The Morgan fingerprint density at radius 2 is 0.519 bits per heavy atom. The summed E-state index contributed by atoms with van der Waals surface area (Å²) in [4.78, 5) is 0. The van der Waals surface area contributed by atoms with E-state index in [2.05, 4.69) is 206 Å². The van der Waals surface area contributed by atoms with Crippen molar-refractivity contribution < 1.29 is 0 Å². The third kappa shape index (κ3) is 4.71. The molecule has 0 nitrogen and oxygen atoms in total. The highest BCUT2D eigenvalue weighted by molar-refractivity contribution is 6.26. The average Bonchev–Trinajstić information content (AvgIpc) is 3.24. The van der Waals surface area contributed by atoms with Gasteiger partial charge in [-0.3, -0.25) is 0 Å². The highest BCUT2D eigenvalue weighted by Crippen LogP contribution is 2.48. The molecular weight excluding hydrogens is 649 g/mol. The fourth-order valence-corrected chi connectivity index (χ4v) is 9.07. The molecule has 0 aliphatic carbocycles. The van der Waals surface area contributed by atoms with Gasteiger partial charge in [0.05, 0.1) is 0 Å². The van der Waals surface area contributed by atoms with Gasteiger partial charge in [-0.2, -0.15) is 0 Å². The van der Waals surface area contributed by atoms with Crippen molar-refractivity contribution in [1.82, 2.24) is 0 Å². The number of hydrogen-bond acceptors (Lipinski definition) is 0. The van der Waals surface area contributed by atoms with E-state index in [0.717, 1.165) is 0 Å². The maximum Gasteiger partial charge on any atom is -0.00199 e. The zero-order chi connectivity index (χ0) is 35.6. The number of benzene rings is 11. The van der Waals surface area contributed by atoms with Crippen LogP contribution in [0, 0.1) is 0 Å². The van der Waals surface area contributed by atoms with E-state index < -0.39 is 0 Å². The van der Waals surface area contributed by atoms with Gasteiger partial charge in [-0.25, -0.2) is 0 Å². The molecule has 0 N–H and O–H groups in total. The van der Waals surface area contributed by atoms with E-state index in [1.807, 2.05) is 0 Å². The van der Waals surface area contributed by atoms with Gasteiger partial charge >= 0.3 is 0 Å². The first-order valence-electron chi connectivity index (χ1n) is 18.8. The Morgan fingerprint density at radius 1 is 0.185 bits per heavy atom. The molecule has 0 fully saturated rings. The molecule has 0 atom stereocenters. The molecule has 0 heterocycles. The number of fused-ring (bicyclic) bond motifs is 6. The van der Waals surface area contributed by atoms with Crippen molar-refractivity contribution >= 4 is 64.6 Å². The lowest BCUT2D eigenvalue weighted by Gasteiger charge is -2.21. The summed E-state index contributed by atoms with van der Waals surface area (Å²) in [6.45, 7) is 0. The molecule has 0 amide bonds. The lowest BCUT2D eigenvalue weighted by atomic mass is 9.82. The van der Waals surface area contributed by atoms with E-state index >= 15 is 0 Å². The largest absolute Gasteiger partial charge is 0.0616 e. The Kier molecular flexibility index (Phi) is 6.97. The van der Waals surface area contributed by atoms with E-state index in [1.54, 1.807) is 0 Å². The number of hydrogen-bond donors (Lipinski definition) is 0. The summed E-state index contributed by atoms with van der Waals surface area (Å²) >= 11 is 0. The van der Waals surface area contributed by atoms with Crippen molar-refractivity contribution in [2.24, 2.45) is 0 Å². The molecule has 0 spiro atoms. The Balaban J connectivity index is 1.24. The van der Waals surface area contributed by atoms with E-state index in [-0.39, 0.29) is 0 Å². The van der Waals surface area contributed by atoms with Crippen molar-refractivity contribution in [2.75, 3.05) is 0 Å². The monoisotopic (exact) mass is 682 g/mol. The maximum atomic E-state index is 2.47. The summed E-state index contributed by atoms with van der Waals surface area (Å²) in [5, 5.41) is 15.1. The molecule has 250 valence electrons. The van der Waals surface area contributed by atoms with Gasteiger partial charge in [-0.1, -0.05) is 200 Å². The molecular formula is C54H34. The van der Waals surface area contributed by atoms with Gasteiger partial charge in [0.15, 0.2) is 0 Å². The minimum atomic E-state index is 1.21. The molecule has 0 radical (unpaired) electrons. The molecule has 0 bridgehead atoms. The van der Waals surface area contributed by atoms with Gasteiger partial charge in [-0.15, -0.1) is 0 Å². The Bertz CT molecular complexity index is 3260. The first kappa shape index (κ1) is 30.6. The third-order valence-electron chi connectivity index (χ3n) is 11.5. The van der Waals surface area contributed by atoms with Crippen molar-refractivity contribution in [1.29, 1.82) is 0 Å². The smallest absolute Gasteiger partial charge is 0.00199 e. The SMILES string of the molecule is c1ccc2c(-c3cccc4c(-c5ccc6c(-c7cccc8ccccc78)c7ccccc7c(-c7cccc8ccccc78)c6c5)cccc34)cccc2c1. The summed E-state index contributed by atoms with van der Waals surface area (Å²) in [6, 6.07) is 76.2. The minimum Gasteiger partial charge on any atom is -0.0616 e. The molecule has 0 unspecified atom stereocenters. The molecule has 11 aromatic carbocycles. The van der Waals surface area contributed by atoms with Crippen LogP contribution < -0.4 is 0 Å². The normalized spacial score (nSPS) is 11.7. The second kappa shape index (κ2) is 12.3. The van der Waals surface area contributed by atoms with Crippen LogP contribution in [0.1, 0.15) is 0 Å². The highest BCUT2D eigenvalue weighted by Gasteiger charge is 2.20. The maximum absolute atomic E-state index is 2.47. The fraction of sp³-hybridized carbons (Fsp3) is 0. The average molecular weight is 683 g/mol. The van der Waals surface area contributed by atoms with Crippen molar-refractivity contribution in [3.63, 3.8) is 0 Å². The third-order valence-corrected chi connectivity index (χ3v) is 11.5. The zero-order valence-electron chi connectivity index (χ0n) is 29.6. The molecule has 0 heteroatoms. The molecule has 54 heavy (non-hydrogen) atoms. The summed E-state index contributed by atoms with van der Waals surface area (Å²) in [6.07, 6.45) is 0. The van der Waals surface area contributed by atoms with Crippen LogP contribution in [0.5, 0.6) is 0 Å². The lowest BCUT2D eigenvalue weighted by Crippen LogP contribution is -1.93. The van der Waals surface area contributed by atoms with Crippen LogP contribution in [0.3, 0.4) is 0 Å². The Morgan fingerprint density at radius 3 is 1.07 bits per heavy atom. The molecule has 11 aromatic rings. The van der Waals surface area contributed by atoms with Gasteiger partial charge in [0.2, 0.25) is 0 Å². The van der Waals surface area contributed by atoms with Gasteiger partial charge in [0.25, 0.3) is 0 Å². The molecule has 11 rings (SSSR count). The second-order valence-electron chi connectivity index (χ2n) is 14.3. The lowest BCUT2D eigenvalue weighted by molar-refractivity contribution is 1.65. The highest BCUT2D eigenvalue weighted by atomic mass is 14.2. The van der Waals surface area contributed by atoms with Crippen LogP contribution >= 0.6 is 0 Å². The van der Waals surface area contributed by atoms with Gasteiger partial charge in [-0.05, 0) is 115 Å². The van der Waals surface area contributed by atoms with Crippen LogP contribution in [0.25, 0.3) is 109 Å². The summed E-state index contributed by atoms with van der Waals surface area (Å²) < 4.78 is 0. The van der Waals surface area contributed by atoms with Crippen molar-refractivity contribution in [2.45, 2.75) is 0 Å². The Hall–Kier alpha value is -7.02. The van der Waals surface area contributed by atoms with Gasteiger partial charge < -0.3 is 0 Å². The zero-order valence-corrected chi connectivity index (χ0v) is 29.6. The predicted octanol–water partition coefficient (Wildman–Crippen LogP) is 15.3. The van der Waals surface area contributed by atoms with E-state index in [9.17, 15) is 0 Å². The Labute approximate surface area is 314 Å². The molecule has 0 saturated carbocycles. The molecule has 0 aliphatic heterocycles. The van der Waals surface area contributed by atoms with Crippen LogP contribution in [0.2, 0.25) is 0 Å². The summed E-state index contributed by atoms with van der Waals surface area (Å²) in [5.41, 5.74) is 10.0. The van der Waals surface area contributed by atoms with Crippen LogP contribution in [-0.2, 0) is 0 Å². The van der Waals surface area contributed by atoms with E-state index in [0.29, 0.717) is 0 Å². The molecule has 0 aromatic heterocycles. The first-order chi connectivity index (χ1) is 26.8. The van der Waals surface area contributed by atoms with Gasteiger partial charge in [0.1, 0.15) is 0 Å². The number of rotatable bonds is 4.